The lowest BCUT2D eigenvalue weighted by molar-refractivity contribution is -0.431. The van der Waals surface area contributed by atoms with Crippen LogP contribution >= 0.6 is 11.6 Å². The van der Waals surface area contributed by atoms with E-state index in [0.717, 1.165) is 16.8 Å². The van der Waals surface area contributed by atoms with Crippen molar-refractivity contribution < 1.29 is 14.8 Å². The van der Waals surface area contributed by atoms with Gasteiger partial charge in [-0.15, -0.1) is 0 Å². The van der Waals surface area contributed by atoms with Crippen LogP contribution in [-0.2, 0) is 6.61 Å². The van der Waals surface area contributed by atoms with Crippen LogP contribution in [0.5, 0.6) is 5.75 Å². The number of hydrogen-bond donors (Lipinski definition) is 1. The van der Waals surface area contributed by atoms with Crippen LogP contribution in [0.4, 0.5) is 0 Å². The van der Waals surface area contributed by atoms with Gasteiger partial charge in [-0.3, -0.25) is 10.1 Å². The van der Waals surface area contributed by atoms with Crippen molar-refractivity contribution in [2.75, 3.05) is 13.2 Å². The SMILES string of the molecule is CC1=CC(c2ccccc2OCc2ccc(Cl)cc2)C([N+](=O)[O-])=C(C)N1CCO. The minimum absolute atomic E-state index is 0.0844. The summed E-state index contributed by atoms with van der Waals surface area (Å²) in [5, 5.41) is 21.9. The standard InChI is InChI=1S/C22H23ClN2O4/c1-15-13-20(22(25(27)28)16(2)24(15)11-12-26)19-5-3-4-6-21(19)29-14-17-7-9-18(23)10-8-17/h3-10,13,20,26H,11-12,14H2,1-2H3. The van der Waals surface area contributed by atoms with Crippen LogP contribution in [0.15, 0.2) is 71.7 Å². The van der Waals surface area contributed by atoms with E-state index in [4.69, 9.17) is 16.3 Å². The maximum atomic E-state index is 11.9. The average Bonchev–Trinajstić information content (AvgIpc) is 2.70. The predicted octanol–water partition coefficient (Wildman–Crippen LogP) is 4.72. The summed E-state index contributed by atoms with van der Waals surface area (Å²) < 4.78 is 6.02. The van der Waals surface area contributed by atoms with E-state index < -0.39 is 5.92 Å². The lowest BCUT2D eigenvalue weighted by atomic mass is 9.90. The van der Waals surface area contributed by atoms with Gasteiger partial charge in [0.25, 0.3) is 5.70 Å². The number of allylic oxidation sites excluding steroid dienone is 3. The van der Waals surface area contributed by atoms with Gasteiger partial charge in [-0.25, -0.2) is 0 Å². The molecular weight excluding hydrogens is 392 g/mol. The van der Waals surface area contributed by atoms with Gasteiger partial charge in [-0.05, 0) is 43.7 Å². The second-order valence-electron chi connectivity index (χ2n) is 6.84. The largest absolute Gasteiger partial charge is 0.489 e. The lowest BCUT2D eigenvalue weighted by Crippen LogP contribution is -2.31. The van der Waals surface area contributed by atoms with Crippen molar-refractivity contribution in [2.24, 2.45) is 0 Å². The van der Waals surface area contributed by atoms with Crippen molar-refractivity contribution in [2.45, 2.75) is 26.4 Å². The minimum atomic E-state index is -0.540. The highest BCUT2D eigenvalue weighted by atomic mass is 35.5. The molecule has 1 unspecified atom stereocenters. The Hall–Kier alpha value is -2.83. The highest BCUT2D eigenvalue weighted by Crippen LogP contribution is 2.40. The van der Waals surface area contributed by atoms with E-state index in [0.29, 0.717) is 29.6 Å². The van der Waals surface area contributed by atoms with Gasteiger partial charge < -0.3 is 14.7 Å². The number of nitrogens with zero attached hydrogens (tertiary/aromatic N) is 2. The molecule has 29 heavy (non-hydrogen) atoms. The molecule has 0 amide bonds. The third-order valence-electron chi connectivity index (χ3n) is 4.99. The third-order valence-corrected chi connectivity index (χ3v) is 5.24. The monoisotopic (exact) mass is 414 g/mol. The Balaban J connectivity index is 1.95. The number of aliphatic hydroxyl groups excluding tert-OH is 1. The first-order valence-corrected chi connectivity index (χ1v) is 9.68. The molecule has 0 saturated heterocycles. The number of nitro groups is 1. The summed E-state index contributed by atoms with van der Waals surface area (Å²) in [4.78, 5) is 13.3. The summed E-state index contributed by atoms with van der Waals surface area (Å²) in [6, 6.07) is 14.7. The smallest absolute Gasteiger partial charge is 0.276 e. The molecule has 1 aliphatic rings. The molecule has 1 N–H and O–H groups in total. The van der Waals surface area contributed by atoms with Crippen molar-refractivity contribution in [3.05, 3.63) is 98.0 Å². The van der Waals surface area contributed by atoms with Crippen LogP contribution in [-0.4, -0.2) is 28.1 Å². The molecule has 1 atom stereocenters. The number of hydrogen-bond acceptors (Lipinski definition) is 5. The van der Waals surface area contributed by atoms with E-state index in [1.54, 1.807) is 24.0 Å². The van der Waals surface area contributed by atoms with Crippen LogP contribution in [0.1, 0.15) is 30.9 Å². The zero-order chi connectivity index (χ0) is 21.0. The molecule has 3 rings (SSSR count). The highest BCUT2D eigenvalue weighted by molar-refractivity contribution is 6.30. The van der Waals surface area contributed by atoms with Crippen LogP contribution in [0.25, 0.3) is 0 Å². The van der Waals surface area contributed by atoms with E-state index in [1.807, 2.05) is 49.4 Å². The van der Waals surface area contributed by atoms with Gasteiger partial charge in [0.1, 0.15) is 18.3 Å². The van der Waals surface area contributed by atoms with Crippen LogP contribution in [0.3, 0.4) is 0 Å². The second-order valence-corrected chi connectivity index (χ2v) is 7.28. The van der Waals surface area contributed by atoms with E-state index >= 15 is 0 Å². The van der Waals surface area contributed by atoms with E-state index in [1.165, 1.54) is 0 Å². The number of benzene rings is 2. The summed E-state index contributed by atoms with van der Waals surface area (Å²) in [7, 11) is 0. The molecule has 1 aliphatic heterocycles. The molecule has 2 aromatic rings. The fraction of sp³-hybridized carbons (Fsp3) is 0.273. The summed E-state index contributed by atoms with van der Waals surface area (Å²) >= 11 is 5.93. The number of halogens is 1. The number of para-hydroxylation sites is 1. The van der Waals surface area contributed by atoms with Gasteiger partial charge in [0, 0.05) is 22.8 Å². The van der Waals surface area contributed by atoms with Gasteiger partial charge in [-0.2, -0.15) is 0 Å². The van der Waals surface area contributed by atoms with Crippen molar-refractivity contribution >= 4 is 11.6 Å². The zero-order valence-corrected chi connectivity index (χ0v) is 17.1. The third kappa shape index (κ3) is 4.60. The number of rotatable bonds is 7. The zero-order valence-electron chi connectivity index (χ0n) is 16.3. The normalized spacial score (nSPS) is 16.6. The fourth-order valence-electron chi connectivity index (χ4n) is 3.58. The first-order valence-electron chi connectivity index (χ1n) is 9.30. The molecule has 1 heterocycles. The second kappa shape index (κ2) is 9.11. The Morgan fingerprint density at radius 2 is 1.86 bits per heavy atom. The Kier molecular flexibility index (Phi) is 6.56. The predicted molar refractivity (Wildman–Crippen MR) is 112 cm³/mol. The van der Waals surface area contributed by atoms with Crippen molar-refractivity contribution in [1.29, 1.82) is 0 Å². The minimum Gasteiger partial charge on any atom is -0.489 e. The van der Waals surface area contributed by atoms with Gasteiger partial charge >= 0.3 is 0 Å². The number of β-amino-alcohol motifs (C(OH)–C–C–N with tert-alkyl or cyclic N) is 1. The summed E-state index contributed by atoms with van der Waals surface area (Å²) in [5.41, 5.74) is 3.17. The number of ether oxygens (including phenoxy) is 1. The molecule has 0 aromatic heterocycles. The van der Waals surface area contributed by atoms with Crippen LogP contribution in [0.2, 0.25) is 5.02 Å². The average molecular weight is 415 g/mol. The van der Waals surface area contributed by atoms with Gasteiger partial charge in [0.2, 0.25) is 0 Å². The molecule has 0 saturated carbocycles. The van der Waals surface area contributed by atoms with Crippen molar-refractivity contribution in [3.8, 4) is 5.75 Å². The Bertz CT molecular complexity index is 954. The van der Waals surface area contributed by atoms with Gasteiger partial charge in [0.15, 0.2) is 0 Å². The summed E-state index contributed by atoms with van der Waals surface area (Å²) in [5.74, 6) is 0.0561. The maximum absolute atomic E-state index is 11.9. The first-order chi connectivity index (χ1) is 13.9. The van der Waals surface area contributed by atoms with Gasteiger partial charge in [-0.1, -0.05) is 41.9 Å². The highest BCUT2D eigenvalue weighted by Gasteiger charge is 2.35. The molecule has 0 spiro atoms. The lowest BCUT2D eigenvalue weighted by Gasteiger charge is -2.31. The molecule has 152 valence electrons. The van der Waals surface area contributed by atoms with Crippen molar-refractivity contribution in [3.63, 3.8) is 0 Å². The molecule has 0 bridgehead atoms. The molecular formula is C22H23ClN2O4. The molecule has 0 fully saturated rings. The summed E-state index contributed by atoms with van der Waals surface area (Å²) in [6.45, 7) is 4.16. The molecule has 6 nitrogen and oxygen atoms in total. The van der Waals surface area contributed by atoms with E-state index in [2.05, 4.69) is 0 Å². The van der Waals surface area contributed by atoms with Gasteiger partial charge in [0.05, 0.1) is 17.2 Å². The first kappa shape index (κ1) is 20.9. The van der Waals surface area contributed by atoms with Crippen molar-refractivity contribution in [1.82, 2.24) is 4.90 Å². The Labute approximate surface area is 174 Å². The fourth-order valence-corrected chi connectivity index (χ4v) is 3.70. The molecule has 0 radical (unpaired) electrons. The van der Waals surface area contributed by atoms with Crippen LogP contribution < -0.4 is 4.74 Å². The Morgan fingerprint density at radius 3 is 2.52 bits per heavy atom. The topological polar surface area (TPSA) is 75.8 Å². The Morgan fingerprint density at radius 1 is 1.17 bits per heavy atom. The van der Waals surface area contributed by atoms with Crippen LogP contribution in [0, 0.1) is 10.1 Å². The molecule has 7 heteroatoms. The molecule has 2 aromatic carbocycles. The maximum Gasteiger partial charge on any atom is 0.276 e. The number of aliphatic hydroxyl groups is 1. The van der Waals surface area contributed by atoms with E-state index in [-0.39, 0.29) is 17.2 Å². The quantitative estimate of drug-likeness (QED) is 0.524. The van der Waals surface area contributed by atoms with E-state index in [9.17, 15) is 15.2 Å². The summed E-state index contributed by atoms with van der Waals surface area (Å²) in [6.07, 6.45) is 1.85. The molecule has 0 aliphatic carbocycles.